The van der Waals surface area contributed by atoms with Crippen molar-refractivity contribution in [2.75, 3.05) is 11.9 Å². The Morgan fingerprint density at radius 3 is 2.54 bits per heavy atom. The van der Waals surface area contributed by atoms with Gasteiger partial charge < -0.3 is 10.6 Å². The van der Waals surface area contributed by atoms with Gasteiger partial charge in [0.15, 0.2) is 5.69 Å². The van der Waals surface area contributed by atoms with E-state index in [1.54, 1.807) is 24.3 Å². The highest BCUT2D eigenvalue weighted by Crippen LogP contribution is 2.19. The Morgan fingerprint density at radius 1 is 1.08 bits per heavy atom. The zero-order valence-electron chi connectivity index (χ0n) is 13.5. The van der Waals surface area contributed by atoms with E-state index in [9.17, 15) is 9.59 Å². The molecular formula is C18H18N4O2. The van der Waals surface area contributed by atoms with Crippen molar-refractivity contribution < 1.29 is 9.59 Å². The molecule has 122 valence electrons. The number of amides is 2. The lowest BCUT2D eigenvalue weighted by Gasteiger charge is -2.06. The van der Waals surface area contributed by atoms with E-state index in [4.69, 9.17) is 0 Å². The van der Waals surface area contributed by atoms with E-state index < -0.39 is 0 Å². The van der Waals surface area contributed by atoms with Crippen molar-refractivity contribution in [2.45, 2.75) is 13.8 Å². The van der Waals surface area contributed by atoms with Crippen molar-refractivity contribution in [2.24, 2.45) is 0 Å². The maximum Gasteiger partial charge on any atom is 0.276 e. The van der Waals surface area contributed by atoms with Gasteiger partial charge in [0.05, 0.1) is 5.52 Å². The van der Waals surface area contributed by atoms with Crippen LogP contribution in [0.4, 0.5) is 5.69 Å². The van der Waals surface area contributed by atoms with Crippen LogP contribution in [-0.2, 0) is 0 Å². The van der Waals surface area contributed by atoms with Gasteiger partial charge >= 0.3 is 0 Å². The van der Waals surface area contributed by atoms with Gasteiger partial charge in [-0.2, -0.15) is 5.10 Å². The third-order valence-corrected chi connectivity index (χ3v) is 3.68. The van der Waals surface area contributed by atoms with E-state index in [0.717, 1.165) is 16.5 Å². The van der Waals surface area contributed by atoms with Crippen LogP contribution in [-0.4, -0.2) is 28.6 Å². The largest absolute Gasteiger partial charge is 0.352 e. The zero-order valence-corrected chi connectivity index (χ0v) is 13.5. The Labute approximate surface area is 139 Å². The lowest BCUT2D eigenvalue weighted by atomic mass is 10.1. The molecule has 0 aliphatic carbocycles. The van der Waals surface area contributed by atoms with Crippen LogP contribution >= 0.6 is 0 Å². The topological polar surface area (TPSA) is 86.9 Å². The predicted octanol–water partition coefficient (Wildman–Crippen LogP) is 2.87. The van der Waals surface area contributed by atoms with Crippen molar-refractivity contribution in [3.63, 3.8) is 0 Å². The minimum Gasteiger partial charge on any atom is -0.352 e. The highest BCUT2D eigenvalue weighted by atomic mass is 16.2. The first-order valence-electron chi connectivity index (χ1n) is 7.73. The Hall–Kier alpha value is -3.15. The summed E-state index contributed by atoms with van der Waals surface area (Å²) in [7, 11) is 0. The molecule has 2 amide bonds. The molecule has 0 saturated carbocycles. The van der Waals surface area contributed by atoms with Gasteiger partial charge in [-0.3, -0.25) is 14.7 Å². The highest BCUT2D eigenvalue weighted by molar-refractivity contribution is 6.11. The number of anilines is 1. The minimum atomic E-state index is -0.294. The van der Waals surface area contributed by atoms with E-state index in [1.165, 1.54) is 0 Å². The molecule has 3 rings (SSSR count). The summed E-state index contributed by atoms with van der Waals surface area (Å²) in [4.78, 5) is 24.2. The molecule has 2 aromatic carbocycles. The number of aryl methyl sites for hydroxylation is 1. The number of H-pyrrole nitrogens is 1. The monoisotopic (exact) mass is 322 g/mol. The lowest BCUT2D eigenvalue weighted by molar-refractivity contribution is 0.0955. The number of carbonyl (C=O) groups is 2. The van der Waals surface area contributed by atoms with Gasteiger partial charge in [-0.05, 0) is 50.2 Å². The summed E-state index contributed by atoms with van der Waals surface area (Å²) in [5.74, 6) is -0.429. The zero-order chi connectivity index (χ0) is 17.1. The number of aromatic nitrogens is 2. The fourth-order valence-corrected chi connectivity index (χ4v) is 2.46. The molecule has 0 atom stereocenters. The summed E-state index contributed by atoms with van der Waals surface area (Å²) < 4.78 is 0. The quantitative estimate of drug-likeness (QED) is 0.690. The van der Waals surface area contributed by atoms with Gasteiger partial charge in [0.2, 0.25) is 0 Å². The fraction of sp³-hybridized carbons (Fsp3) is 0.167. The third kappa shape index (κ3) is 3.12. The second-order valence-corrected chi connectivity index (χ2v) is 5.51. The smallest absolute Gasteiger partial charge is 0.276 e. The summed E-state index contributed by atoms with van der Waals surface area (Å²) in [6.45, 7) is 4.40. The number of benzene rings is 2. The van der Waals surface area contributed by atoms with Gasteiger partial charge in [0, 0.05) is 23.2 Å². The molecule has 0 unspecified atom stereocenters. The summed E-state index contributed by atoms with van der Waals surface area (Å²) in [5, 5.41) is 13.3. The molecule has 0 fully saturated rings. The second kappa shape index (κ2) is 6.54. The SMILES string of the molecule is CCNC(=O)c1ccc(NC(=O)c2n[nH]c3ccc(C)cc23)cc1. The molecule has 0 radical (unpaired) electrons. The average Bonchev–Trinajstić information content (AvgIpc) is 2.98. The summed E-state index contributed by atoms with van der Waals surface area (Å²) in [6.07, 6.45) is 0. The molecule has 1 heterocycles. The molecule has 24 heavy (non-hydrogen) atoms. The number of aromatic amines is 1. The average molecular weight is 322 g/mol. The lowest BCUT2D eigenvalue weighted by Crippen LogP contribution is -2.22. The molecule has 0 bridgehead atoms. The molecule has 0 aliphatic heterocycles. The molecule has 6 nitrogen and oxygen atoms in total. The van der Waals surface area contributed by atoms with Crippen LogP contribution in [0.2, 0.25) is 0 Å². The number of nitrogens with one attached hydrogen (secondary N) is 3. The molecule has 3 N–H and O–H groups in total. The van der Waals surface area contributed by atoms with Gasteiger partial charge in [-0.15, -0.1) is 0 Å². The standard InChI is InChI=1S/C18H18N4O2/c1-3-19-17(23)12-5-7-13(8-6-12)20-18(24)16-14-10-11(2)4-9-15(14)21-22-16/h4-10H,3H2,1-2H3,(H,19,23)(H,20,24)(H,21,22). The van der Waals surface area contributed by atoms with E-state index >= 15 is 0 Å². The van der Waals surface area contributed by atoms with Crippen molar-refractivity contribution in [3.8, 4) is 0 Å². The first kappa shape index (κ1) is 15.7. The summed E-state index contributed by atoms with van der Waals surface area (Å²) >= 11 is 0. The minimum absolute atomic E-state index is 0.135. The summed E-state index contributed by atoms with van der Waals surface area (Å²) in [6, 6.07) is 12.5. The normalized spacial score (nSPS) is 10.6. The molecule has 0 spiro atoms. The van der Waals surface area contributed by atoms with Crippen molar-refractivity contribution in [1.29, 1.82) is 0 Å². The molecular weight excluding hydrogens is 304 g/mol. The van der Waals surface area contributed by atoms with Crippen molar-refractivity contribution >= 4 is 28.4 Å². The number of rotatable bonds is 4. The Morgan fingerprint density at radius 2 is 1.83 bits per heavy atom. The van der Waals surface area contributed by atoms with Crippen LogP contribution in [0, 0.1) is 6.92 Å². The Kier molecular flexibility index (Phi) is 4.29. The maximum atomic E-state index is 12.4. The molecule has 1 aromatic heterocycles. The van der Waals surface area contributed by atoms with Gasteiger partial charge in [-0.25, -0.2) is 0 Å². The van der Waals surface area contributed by atoms with Crippen molar-refractivity contribution in [1.82, 2.24) is 15.5 Å². The number of hydrogen-bond acceptors (Lipinski definition) is 3. The number of carbonyl (C=O) groups excluding carboxylic acids is 2. The molecule has 0 saturated heterocycles. The predicted molar refractivity (Wildman–Crippen MR) is 93.2 cm³/mol. The first-order chi connectivity index (χ1) is 11.6. The van der Waals surface area contributed by atoms with Gasteiger partial charge in [0.25, 0.3) is 11.8 Å². The van der Waals surface area contributed by atoms with Crippen LogP contribution in [0.15, 0.2) is 42.5 Å². The summed E-state index contributed by atoms with van der Waals surface area (Å²) in [5.41, 5.74) is 3.38. The van der Waals surface area contributed by atoms with Gasteiger partial charge in [-0.1, -0.05) is 11.6 Å². The van der Waals surface area contributed by atoms with Crippen LogP contribution in [0.5, 0.6) is 0 Å². The first-order valence-corrected chi connectivity index (χ1v) is 7.73. The van der Waals surface area contributed by atoms with E-state index in [-0.39, 0.29) is 11.8 Å². The van der Waals surface area contributed by atoms with Crippen LogP contribution in [0.1, 0.15) is 33.3 Å². The van der Waals surface area contributed by atoms with E-state index in [0.29, 0.717) is 23.5 Å². The second-order valence-electron chi connectivity index (χ2n) is 5.51. The number of nitrogens with zero attached hydrogens (tertiary/aromatic N) is 1. The van der Waals surface area contributed by atoms with Gasteiger partial charge in [0.1, 0.15) is 0 Å². The van der Waals surface area contributed by atoms with Crippen molar-refractivity contribution in [3.05, 3.63) is 59.3 Å². The molecule has 3 aromatic rings. The Bertz CT molecular complexity index is 897. The van der Waals surface area contributed by atoms with E-state index in [1.807, 2.05) is 32.0 Å². The van der Waals surface area contributed by atoms with Crippen LogP contribution in [0.25, 0.3) is 10.9 Å². The maximum absolute atomic E-state index is 12.4. The van der Waals surface area contributed by atoms with E-state index in [2.05, 4.69) is 20.8 Å². The molecule has 6 heteroatoms. The van der Waals surface area contributed by atoms with Crippen LogP contribution in [0.3, 0.4) is 0 Å². The molecule has 0 aliphatic rings. The highest BCUT2D eigenvalue weighted by Gasteiger charge is 2.14. The number of fused-ring (bicyclic) bond motifs is 1. The fourth-order valence-electron chi connectivity index (χ4n) is 2.46. The number of hydrogen-bond donors (Lipinski definition) is 3. The Balaban J connectivity index is 1.79. The third-order valence-electron chi connectivity index (χ3n) is 3.68. The van der Waals surface area contributed by atoms with Crippen LogP contribution < -0.4 is 10.6 Å².